The molecule has 0 radical (unpaired) electrons. The monoisotopic (exact) mass is 213 g/mol. The first-order chi connectivity index (χ1) is 6.91. The summed E-state index contributed by atoms with van der Waals surface area (Å²) in [6, 6.07) is 0. The minimum absolute atomic E-state index is 0.00116. The molecule has 3 nitrogen and oxygen atoms in total. The predicted molar refractivity (Wildman–Crippen MR) is 60.0 cm³/mol. The van der Waals surface area contributed by atoms with E-state index in [9.17, 15) is 0 Å². The second-order valence-corrected chi connectivity index (χ2v) is 5.81. The van der Waals surface area contributed by atoms with E-state index in [-0.39, 0.29) is 11.2 Å². The van der Waals surface area contributed by atoms with Crippen molar-refractivity contribution in [3.63, 3.8) is 0 Å². The Morgan fingerprint density at radius 3 is 2.20 bits per heavy atom. The van der Waals surface area contributed by atoms with Crippen molar-refractivity contribution in [1.82, 2.24) is 5.32 Å². The van der Waals surface area contributed by atoms with Gasteiger partial charge < -0.3 is 14.8 Å². The summed E-state index contributed by atoms with van der Waals surface area (Å²) in [7, 11) is 0. The zero-order chi connectivity index (χ0) is 11.1. The Kier molecular flexibility index (Phi) is 2.82. The van der Waals surface area contributed by atoms with Crippen LogP contribution in [-0.4, -0.2) is 36.5 Å². The summed E-state index contributed by atoms with van der Waals surface area (Å²) in [5.41, 5.74) is -0.0478. The van der Waals surface area contributed by atoms with Crippen molar-refractivity contribution in [1.29, 1.82) is 0 Å². The third-order valence-corrected chi connectivity index (χ3v) is 3.27. The zero-order valence-corrected chi connectivity index (χ0v) is 10.3. The lowest BCUT2D eigenvalue weighted by atomic mass is 9.84. The van der Waals surface area contributed by atoms with E-state index in [4.69, 9.17) is 9.47 Å². The molecule has 2 heterocycles. The first-order valence-electron chi connectivity index (χ1n) is 5.97. The highest BCUT2D eigenvalue weighted by Crippen LogP contribution is 2.36. The van der Waals surface area contributed by atoms with Gasteiger partial charge in [-0.05, 0) is 27.7 Å². The molecule has 2 unspecified atom stereocenters. The molecular weight excluding hydrogens is 190 g/mol. The molecule has 0 amide bonds. The maximum atomic E-state index is 6.30. The topological polar surface area (TPSA) is 30.5 Å². The van der Waals surface area contributed by atoms with Gasteiger partial charge in [0.1, 0.15) is 0 Å². The molecule has 2 saturated heterocycles. The van der Waals surface area contributed by atoms with Crippen LogP contribution in [-0.2, 0) is 9.47 Å². The maximum Gasteiger partial charge on any atom is 0.0863 e. The van der Waals surface area contributed by atoms with E-state index >= 15 is 0 Å². The van der Waals surface area contributed by atoms with Crippen molar-refractivity contribution in [2.24, 2.45) is 0 Å². The molecule has 0 saturated carbocycles. The van der Waals surface area contributed by atoms with Gasteiger partial charge in [0.25, 0.3) is 0 Å². The molecule has 2 aliphatic rings. The molecule has 0 bridgehead atoms. The summed E-state index contributed by atoms with van der Waals surface area (Å²) in [5, 5.41) is 3.50. The van der Waals surface area contributed by atoms with Gasteiger partial charge in [-0.15, -0.1) is 0 Å². The maximum absolute atomic E-state index is 6.30. The van der Waals surface area contributed by atoms with Crippen LogP contribution in [0, 0.1) is 0 Å². The van der Waals surface area contributed by atoms with Crippen LogP contribution in [0.4, 0.5) is 0 Å². The normalized spacial score (nSPS) is 45.6. The molecule has 2 aliphatic heterocycles. The van der Waals surface area contributed by atoms with Crippen molar-refractivity contribution in [3.05, 3.63) is 0 Å². The van der Waals surface area contributed by atoms with Crippen LogP contribution in [0.2, 0.25) is 0 Å². The van der Waals surface area contributed by atoms with Crippen LogP contribution < -0.4 is 5.32 Å². The van der Waals surface area contributed by atoms with Crippen molar-refractivity contribution >= 4 is 0 Å². The molecule has 1 spiro atoms. The zero-order valence-electron chi connectivity index (χ0n) is 10.3. The Labute approximate surface area is 92.5 Å². The summed E-state index contributed by atoms with van der Waals surface area (Å²) < 4.78 is 12.1. The number of rotatable bonds is 0. The first-order valence-corrected chi connectivity index (χ1v) is 5.97. The molecular formula is C12H23NO2. The lowest BCUT2D eigenvalue weighted by Gasteiger charge is -2.50. The molecule has 0 aromatic rings. The van der Waals surface area contributed by atoms with Crippen molar-refractivity contribution in [2.75, 3.05) is 13.1 Å². The highest BCUT2D eigenvalue weighted by Gasteiger charge is 2.45. The number of nitrogens with one attached hydrogen (secondary N) is 1. The Hall–Kier alpha value is -0.120. The third kappa shape index (κ3) is 2.52. The summed E-state index contributed by atoms with van der Waals surface area (Å²) in [5.74, 6) is 0. The molecule has 2 rings (SSSR count). The molecule has 1 N–H and O–H groups in total. The van der Waals surface area contributed by atoms with Crippen LogP contribution >= 0.6 is 0 Å². The Morgan fingerprint density at radius 2 is 1.67 bits per heavy atom. The van der Waals surface area contributed by atoms with Crippen LogP contribution in [0.3, 0.4) is 0 Å². The van der Waals surface area contributed by atoms with Crippen molar-refractivity contribution in [3.8, 4) is 0 Å². The average Bonchev–Trinajstić information content (AvgIpc) is 1.97. The lowest BCUT2D eigenvalue weighted by Crippen LogP contribution is -2.61. The van der Waals surface area contributed by atoms with E-state index in [1.807, 2.05) is 0 Å². The van der Waals surface area contributed by atoms with Gasteiger partial charge in [-0.3, -0.25) is 0 Å². The average molecular weight is 213 g/mol. The van der Waals surface area contributed by atoms with E-state index in [0.29, 0.717) is 12.2 Å². The molecule has 0 aromatic carbocycles. The van der Waals surface area contributed by atoms with E-state index in [1.54, 1.807) is 0 Å². The Balaban J connectivity index is 2.11. The van der Waals surface area contributed by atoms with Crippen LogP contribution in [0.5, 0.6) is 0 Å². The van der Waals surface area contributed by atoms with Crippen molar-refractivity contribution in [2.45, 2.75) is 63.9 Å². The smallest absolute Gasteiger partial charge is 0.0863 e. The minimum Gasteiger partial charge on any atom is -0.375 e. The summed E-state index contributed by atoms with van der Waals surface area (Å²) in [4.78, 5) is 0. The SMILES string of the molecule is CC1CC2(CNCC(C)(C)O2)CC(C)O1. The molecule has 88 valence electrons. The number of hydrogen-bond donors (Lipinski definition) is 1. The van der Waals surface area contributed by atoms with Crippen LogP contribution in [0.15, 0.2) is 0 Å². The summed E-state index contributed by atoms with van der Waals surface area (Å²) >= 11 is 0. The Bertz CT molecular complexity index is 230. The Morgan fingerprint density at radius 1 is 1.07 bits per heavy atom. The molecule has 2 fully saturated rings. The summed E-state index contributed by atoms with van der Waals surface area (Å²) in [6.07, 6.45) is 2.63. The number of ether oxygens (including phenoxy) is 2. The van der Waals surface area contributed by atoms with Gasteiger partial charge in [0.15, 0.2) is 0 Å². The van der Waals surface area contributed by atoms with E-state index in [0.717, 1.165) is 25.9 Å². The standard InChI is InChI=1S/C12H23NO2/c1-9-5-12(6-10(2)14-9)8-13-7-11(3,4)15-12/h9-10,13H,5-8H2,1-4H3. The minimum atomic E-state index is -0.0466. The number of morpholine rings is 1. The second-order valence-electron chi connectivity index (χ2n) is 5.81. The predicted octanol–water partition coefficient (Wildman–Crippen LogP) is 1.71. The van der Waals surface area contributed by atoms with Gasteiger partial charge in [-0.2, -0.15) is 0 Å². The second kappa shape index (κ2) is 3.72. The molecule has 2 atom stereocenters. The fourth-order valence-corrected chi connectivity index (χ4v) is 3.10. The van der Waals surface area contributed by atoms with Gasteiger partial charge in [0.2, 0.25) is 0 Å². The highest BCUT2D eigenvalue weighted by molar-refractivity contribution is 4.97. The first kappa shape index (κ1) is 11.4. The lowest BCUT2D eigenvalue weighted by molar-refractivity contribution is -0.219. The van der Waals surface area contributed by atoms with E-state index < -0.39 is 0 Å². The van der Waals surface area contributed by atoms with Crippen molar-refractivity contribution < 1.29 is 9.47 Å². The largest absolute Gasteiger partial charge is 0.375 e. The van der Waals surface area contributed by atoms with Gasteiger partial charge in [0.05, 0.1) is 23.4 Å². The molecule has 3 heteroatoms. The quantitative estimate of drug-likeness (QED) is 0.664. The van der Waals surface area contributed by atoms with E-state index in [2.05, 4.69) is 33.0 Å². The fourth-order valence-electron chi connectivity index (χ4n) is 3.10. The molecule has 15 heavy (non-hydrogen) atoms. The van der Waals surface area contributed by atoms with Crippen LogP contribution in [0.25, 0.3) is 0 Å². The van der Waals surface area contributed by atoms with Gasteiger partial charge >= 0.3 is 0 Å². The van der Waals surface area contributed by atoms with Gasteiger partial charge in [0, 0.05) is 25.9 Å². The van der Waals surface area contributed by atoms with Crippen LogP contribution in [0.1, 0.15) is 40.5 Å². The van der Waals surface area contributed by atoms with E-state index in [1.165, 1.54) is 0 Å². The molecule has 0 aliphatic carbocycles. The number of hydrogen-bond acceptors (Lipinski definition) is 3. The highest BCUT2D eigenvalue weighted by atomic mass is 16.5. The molecule has 0 aromatic heterocycles. The third-order valence-electron chi connectivity index (χ3n) is 3.27. The summed E-state index contributed by atoms with van der Waals surface area (Å²) in [6.45, 7) is 10.5. The fraction of sp³-hybridized carbons (Fsp3) is 1.00. The van der Waals surface area contributed by atoms with Gasteiger partial charge in [-0.1, -0.05) is 0 Å². The van der Waals surface area contributed by atoms with Gasteiger partial charge in [-0.25, -0.2) is 0 Å².